The molecule has 0 radical (unpaired) electrons. The number of hydrogen-bond donors (Lipinski definition) is 1. The maximum atomic E-state index is 3.81. The van der Waals surface area contributed by atoms with Gasteiger partial charge in [-0.25, -0.2) is 0 Å². The summed E-state index contributed by atoms with van der Waals surface area (Å²) in [6.07, 6.45) is 0. The van der Waals surface area contributed by atoms with Crippen LogP contribution in [-0.2, 0) is 0 Å². The lowest BCUT2D eigenvalue weighted by Gasteiger charge is -2.30. The van der Waals surface area contributed by atoms with Crippen molar-refractivity contribution in [1.29, 1.82) is 0 Å². The molecule has 8 aromatic carbocycles. The van der Waals surface area contributed by atoms with Crippen LogP contribution in [0.5, 0.6) is 0 Å². The SMILES string of the molecule is Cc1ccc(Nc2ccccc2-c2cc(N(c3ccccc3)c3ccccc3)c3c4ccccc4n4c3c2Bc2cc3sc5ccccc5c3cc2-4)cc1. The standard InChI is InChI=1S/C49H34BN3S/c1-31-24-26-32(27-25-31)51-41-21-11-8-18-35(41)39-29-44(52(33-14-4-2-5-15-33)34-16-6-3-7-17-34)47-37-20-9-12-22-42(37)53-43-28-38-36-19-10-13-23-45(36)54-46(38)30-40(43)50-48(39)49(47)53/h2-30,50-51H,1H3. The zero-order valence-corrected chi connectivity index (χ0v) is 30.6. The molecular weight excluding hydrogens is 673 g/mol. The van der Waals surface area contributed by atoms with E-state index in [-0.39, 0.29) is 0 Å². The van der Waals surface area contributed by atoms with Crippen LogP contribution in [0.25, 0.3) is 58.8 Å². The second-order valence-corrected chi connectivity index (χ2v) is 15.4. The molecule has 0 bridgehead atoms. The van der Waals surface area contributed by atoms with Crippen LogP contribution >= 0.6 is 11.3 Å². The second-order valence-electron chi connectivity index (χ2n) is 14.3. The van der Waals surface area contributed by atoms with E-state index in [1.165, 1.54) is 75.3 Å². The molecule has 1 aliphatic heterocycles. The van der Waals surface area contributed by atoms with E-state index in [1.54, 1.807) is 0 Å². The molecule has 1 aliphatic rings. The third-order valence-corrected chi connectivity index (χ3v) is 12.2. The van der Waals surface area contributed by atoms with Crippen LogP contribution < -0.4 is 21.1 Å². The van der Waals surface area contributed by atoms with E-state index in [0.717, 1.165) is 35.7 Å². The molecule has 3 nitrogen and oxygen atoms in total. The van der Waals surface area contributed by atoms with Gasteiger partial charge >= 0.3 is 0 Å². The largest absolute Gasteiger partial charge is 0.355 e. The third-order valence-electron chi connectivity index (χ3n) is 11.0. The fraction of sp³-hybridized carbons (Fsp3) is 0.0204. The van der Waals surface area contributed by atoms with Gasteiger partial charge in [-0.1, -0.05) is 114 Å². The fourth-order valence-electron chi connectivity index (χ4n) is 8.60. The molecule has 1 N–H and O–H groups in total. The molecule has 0 atom stereocenters. The first-order valence-electron chi connectivity index (χ1n) is 18.6. The zero-order valence-electron chi connectivity index (χ0n) is 29.8. The van der Waals surface area contributed by atoms with Crippen molar-refractivity contribution in [2.45, 2.75) is 6.92 Å². The smallest absolute Gasteiger partial charge is 0.198 e. The van der Waals surface area contributed by atoms with Crippen LogP contribution in [0, 0.1) is 6.92 Å². The molecule has 3 heterocycles. The molecule has 10 aromatic rings. The summed E-state index contributed by atoms with van der Waals surface area (Å²) in [6.45, 7) is 2.13. The number of para-hydroxylation sites is 4. The topological polar surface area (TPSA) is 20.2 Å². The number of anilines is 5. The molecule has 54 heavy (non-hydrogen) atoms. The average molecular weight is 708 g/mol. The van der Waals surface area contributed by atoms with Gasteiger partial charge in [0.1, 0.15) is 0 Å². The summed E-state index contributed by atoms with van der Waals surface area (Å²) in [4.78, 5) is 2.44. The minimum atomic E-state index is 0.831. The van der Waals surface area contributed by atoms with E-state index in [2.05, 4.69) is 198 Å². The molecule has 2 aromatic heterocycles. The van der Waals surface area contributed by atoms with Gasteiger partial charge in [0.15, 0.2) is 7.28 Å². The van der Waals surface area contributed by atoms with Crippen molar-refractivity contribution >= 4 is 100.0 Å². The Balaban J connectivity index is 1.28. The molecule has 254 valence electrons. The number of aryl methyl sites for hydroxylation is 1. The Labute approximate surface area is 318 Å². The number of hydrogen-bond acceptors (Lipinski definition) is 3. The highest BCUT2D eigenvalue weighted by Crippen LogP contribution is 2.47. The molecule has 0 saturated carbocycles. The van der Waals surface area contributed by atoms with Crippen molar-refractivity contribution < 1.29 is 0 Å². The molecule has 0 amide bonds. The highest BCUT2D eigenvalue weighted by Gasteiger charge is 2.31. The lowest BCUT2D eigenvalue weighted by molar-refractivity contribution is 1.20. The fourth-order valence-corrected chi connectivity index (χ4v) is 9.75. The molecular formula is C49H34BN3S. The molecule has 0 spiro atoms. The normalized spacial score (nSPS) is 11.9. The quantitative estimate of drug-likeness (QED) is 0.174. The first-order valence-corrected chi connectivity index (χ1v) is 19.4. The van der Waals surface area contributed by atoms with E-state index in [1.807, 2.05) is 11.3 Å². The maximum Gasteiger partial charge on any atom is 0.198 e. The third kappa shape index (κ3) is 4.82. The Morgan fingerprint density at radius 2 is 1.24 bits per heavy atom. The van der Waals surface area contributed by atoms with E-state index in [4.69, 9.17) is 0 Å². The first-order chi connectivity index (χ1) is 26.7. The van der Waals surface area contributed by atoms with Gasteiger partial charge in [0.25, 0.3) is 0 Å². The number of thiophene rings is 1. The van der Waals surface area contributed by atoms with Crippen LogP contribution in [-0.4, -0.2) is 11.8 Å². The first kappa shape index (κ1) is 31.0. The van der Waals surface area contributed by atoms with Crippen molar-refractivity contribution in [3.63, 3.8) is 0 Å². The van der Waals surface area contributed by atoms with Gasteiger partial charge in [0.05, 0.1) is 16.7 Å². The van der Waals surface area contributed by atoms with Gasteiger partial charge in [0.2, 0.25) is 0 Å². The summed E-state index contributed by atoms with van der Waals surface area (Å²) in [7, 11) is 0.831. The van der Waals surface area contributed by atoms with Crippen LogP contribution in [0.3, 0.4) is 0 Å². The van der Waals surface area contributed by atoms with Gasteiger partial charge in [-0.15, -0.1) is 11.3 Å². The highest BCUT2D eigenvalue weighted by atomic mass is 32.1. The maximum absolute atomic E-state index is 3.81. The van der Waals surface area contributed by atoms with Crippen LogP contribution in [0.4, 0.5) is 28.4 Å². The van der Waals surface area contributed by atoms with Crippen molar-refractivity contribution in [2.75, 3.05) is 10.2 Å². The molecule has 5 heteroatoms. The van der Waals surface area contributed by atoms with Crippen LogP contribution in [0.15, 0.2) is 176 Å². The minimum Gasteiger partial charge on any atom is -0.355 e. The number of fused-ring (bicyclic) bond motifs is 8. The van der Waals surface area contributed by atoms with Crippen molar-refractivity contribution in [3.05, 3.63) is 181 Å². The second kappa shape index (κ2) is 12.3. The number of benzene rings is 8. The van der Waals surface area contributed by atoms with Crippen LogP contribution in [0.1, 0.15) is 5.56 Å². The number of nitrogens with one attached hydrogen (secondary N) is 1. The van der Waals surface area contributed by atoms with Gasteiger partial charge in [-0.05, 0) is 90.7 Å². The predicted octanol–water partition coefficient (Wildman–Crippen LogP) is 12.0. The minimum absolute atomic E-state index is 0.831. The van der Waals surface area contributed by atoms with Crippen LogP contribution in [0.2, 0.25) is 0 Å². The molecule has 0 unspecified atom stereocenters. The summed E-state index contributed by atoms with van der Waals surface area (Å²) in [6, 6.07) is 64.3. The summed E-state index contributed by atoms with van der Waals surface area (Å²) in [5.74, 6) is 0. The van der Waals surface area contributed by atoms with Crippen molar-refractivity contribution in [2.24, 2.45) is 0 Å². The molecule has 0 fully saturated rings. The molecule has 0 saturated heterocycles. The Morgan fingerprint density at radius 3 is 2.02 bits per heavy atom. The summed E-state index contributed by atoms with van der Waals surface area (Å²) in [5.41, 5.74) is 15.7. The number of rotatable bonds is 6. The molecule has 11 rings (SSSR count). The Bertz CT molecular complexity index is 3010. The Kier molecular flexibility index (Phi) is 7.04. The van der Waals surface area contributed by atoms with Gasteiger partial charge in [-0.2, -0.15) is 0 Å². The number of nitrogens with zero attached hydrogens (tertiary/aromatic N) is 2. The Morgan fingerprint density at radius 1 is 0.574 bits per heavy atom. The van der Waals surface area contributed by atoms with E-state index < -0.39 is 0 Å². The van der Waals surface area contributed by atoms with Crippen molar-refractivity contribution in [3.8, 4) is 16.8 Å². The van der Waals surface area contributed by atoms with E-state index in [0.29, 0.717) is 0 Å². The lowest BCUT2D eigenvalue weighted by Crippen LogP contribution is -2.37. The molecule has 0 aliphatic carbocycles. The Hall–Kier alpha value is -6.56. The van der Waals surface area contributed by atoms with Gasteiger partial charge in [0, 0.05) is 64.9 Å². The van der Waals surface area contributed by atoms with Crippen molar-refractivity contribution in [1.82, 2.24) is 4.57 Å². The highest BCUT2D eigenvalue weighted by molar-refractivity contribution is 7.26. The lowest BCUT2D eigenvalue weighted by atomic mass is 9.59. The van der Waals surface area contributed by atoms with Gasteiger partial charge in [-0.3, -0.25) is 0 Å². The van der Waals surface area contributed by atoms with E-state index >= 15 is 0 Å². The zero-order chi connectivity index (χ0) is 35.8. The summed E-state index contributed by atoms with van der Waals surface area (Å²) >= 11 is 1.89. The average Bonchev–Trinajstić information content (AvgIpc) is 3.76. The summed E-state index contributed by atoms with van der Waals surface area (Å²) in [5, 5.41) is 8.97. The number of aromatic nitrogens is 1. The van der Waals surface area contributed by atoms with Gasteiger partial charge < -0.3 is 14.8 Å². The summed E-state index contributed by atoms with van der Waals surface area (Å²) < 4.78 is 5.24. The predicted molar refractivity (Wildman–Crippen MR) is 235 cm³/mol. The monoisotopic (exact) mass is 707 g/mol. The van der Waals surface area contributed by atoms with E-state index in [9.17, 15) is 0 Å².